The summed E-state index contributed by atoms with van der Waals surface area (Å²) in [4.78, 5) is 25.2. The van der Waals surface area contributed by atoms with Crippen molar-refractivity contribution in [2.45, 2.75) is 59.0 Å². The molecule has 0 saturated carbocycles. The van der Waals surface area contributed by atoms with Gasteiger partial charge in [0.1, 0.15) is 12.0 Å². The van der Waals surface area contributed by atoms with Crippen molar-refractivity contribution in [2.75, 3.05) is 0 Å². The van der Waals surface area contributed by atoms with Crippen LogP contribution in [0.2, 0.25) is 0 Å². The third kappa shape index (κ3) is 4.76. The van der Waals surface area contributed by atoms with E-state index in [0.29, 0.717) is 18.8 Å². The quantitative estimate of drug-likeness (QED) is 0.313. The first kappa shape index (κ1) is 23.4. The molecule has 8 heteroatoms. The number of nitrogens with zero attached hydrogens (tertiary/aromatic N) is 6. The summed E-state index contributed by atoms with van der Waals surface area (Å²) >= 11 is 0. The van der Waals surface area contributed by atoms with Crippen LogP contribution in [0.4, 0.5) is 0 Å². The van der Waals surface area contributed by atoms with Gasteiger partial charge in [-0.1, -0.05) is 69.2 Å². The number of unbranched alkanes of at least 4 members (excludes halogenated alkanes) is 2. The standard InChI is InChI=1S/C26H30N6O2/c1-3-5-10-24-25(18-33)30(16-6-4-2)26(34)31(24)17-20-12-14-21(15-13-20)22-9-7-8-11-23(22)32-19-27-28-29-32/h7-9,11-15,18-19H,3-6,10,16-17H2,1-2H3. The molecule has 0 bridgehead atoms. The minimum Gasteiger partial charge on any atom is -0.296 e. The van der Waals surface area contributed by atoms with Crippen molar-refractivity contribution >= 4 is 6.29 Å². The van der Waals surface area contributed by atoms with Gasteiger partial charge in [-0.25, -0.2) is 4.79 Å². The van der Waals surface area contributed by atoms with E-state index < -0.39 is 0 Å². The fourth-order valence-electron chi connectivity index (χ4n) is 4.25. The molecule has 0 aliphatic heterocycles. The van der Waals surface area contributed by atoms with Gasteiger partial charge in [0.15, 0.2) is 6.29 Å². The van der Waals surface area contributed by atoms with E-state index in [1.165, 1.54) is 0 Å². The number of rotatable bonds is 11. The normalized spacial score (nSPS) is 11.1. The Labute approximate surface area is 198 Å². The fourth-order valence-corrected chi connectivity index (χ4v) is 4.25. The Balaban J connectivity index is 1.66. The first-order valence-corrected chi connectivity index (χ1v) is 11.9. The molecule has 2 aromatic carbocycles. The summed E-state index contributed by atoms with van der Waals surface area (Å²) in [5.41, 5.74) is 5.20. The lowest BCUT2D eigenvalue weighted by Crippen LogP contribution is -2.26. The lowest BCUT2D eigenvalue weighted by Gasteiger charge is -2.11. The molecule has 8 nitrogen and oxygen atoms in total. The molecule has 0 aliphatic carbocycles. The Bertz CT molecular complexity index is 1290. The number of aldehydes is 1. The zero-order valence-electron chi connectivity index (χ0n) is 19.7. The third-order valence-electron chi connectivity index (χ3n) is 6.09. The number of imidazole rings is 1. The molecule has 0 unspecified atom stereocenters. The van der Waals surface area contributed by atoms with Gasteiger partial charge in [0.2, 0.25) is 0 Å². The first-order valence-electron chi connectivity index (χ1n) is 11.9. The maximum absolute atomic E-state index is 13.3. The second kappa shape index (κ2) is 10.9. The van der Waals surface area contributed by atoms with Crippen molar-refractivity contribution in [2.24, 2.45) is 0 Å². The summed E-state index contributed by atoms with van der Waals surface area (Å²) in [6, 6.07) is 16.1. The molecule has 0 spiro atoms. The number of hydrogen-bond acceptors (Lipinski definition) is 5. The first-order chi connectivity index (χ1) is 16.7. The van der Waals surface area contributed by atoms with E-state index >= 15 is 0 Å². The monoisotopic (exact) mass is 458 g/mol. The van der Waals surface area contributed by atoms with Crippen molar-refractivity contribution in [1.29, 1.82) is 0 Å². The minimum atomic E-state index is -0.102. The number of tetrazole rings is 1. The molecule has 0 atom stereocenters. The van der Waals surface area contributed by atoms with Gasteiger partial charge in [-0.15, -0.1) is 5.10 Å². The van der Waals surface area contributed by atoms with Crippen molar-refractivity contribution in [3.8, 4) is 16.8 Å². The number of carbonyl (C=O) groups excluding carboxylic acids is 1. The Kier molecular flexibility index (Phi) is 7.47. The topological polar surface area (TPSA) is 87.6 Å². The van der Waals surface area contributed by atoms with E-state index in [2.05, 4.69) is 29.4 Å². The molecule has 4 rings (SSSR count). The molecule has 34 heavy (non-hydrogen) atoms. The van der Waals surface area contributed by atoms with Crippen molar-refractivity contribution in [3.05, 3.63) is 82.3 Å². The molecule has 0 fully saturated rings. The highest BCUT2D eigenvalue weighted by atomic mass is 16.2. The summed E-state index contributed by atoms with van der Waals surface area (Å²) in [6.45, 7) is 5.21. The van der Waals surface area contributed by atoms with Crippen LogP contribution in [0, 0.1) is 0 Å². The Hall–Kier alpha value is -3.81. The van der Waals surface area contributed by atoms with Gasteiger partial charge in [-0.05, 0) is 46.9 Å². The zero-order valence-corrected chi connectivity index (χ0v) is 19.7. The molecule has 0 amide bonds. The lowest BCUT2D eigenvalue weighted by molar-refractivity contribution is 0.111. The maximum atomic E-state index is 13.3. The summed E-state index contributed by atoms with van der Waals surface area (Å²) in [7, 11) is 0. The Morgan fingerprint density at radius 2 is 1.71 bits per heavy atom. The van der Waals surface area contributed by atoms with Crippen molar-refractivity contribution < 1.29 is 4.79 Å². The summed E-state index contributed by atoms with van der Waals surface area (Å²) < 4.78 is 5.07. The molecule has 2 aromatic heterocycles. The predicted octanol–water partition coefficient (Wildman–Crippen LogP) is 4.30. The molecule has 0 N–H and O–H groups in total. The van der Waals surface area contributed by atoms with Crippen LogP contribution in [0.5, 0.6) is 0 Å². The second-order valence-corrected chi connectivity index (χ2v) is 8.40. The molecule has 2 heterocycles. The van der Waals surface area contributed by atoms with Crippen LogP contribution in [0.1, 0.15) is 61.3 Å². The molecule has 176 valence electrons. The van der Waals surface area contributed by atoms with Gasteiger partial charge in [-0.3, -0.25) is 13.9 Å². The zero-order chi connectivity index (χ0) is 23.9. The highest BCUT2D eigenvalue weighted by Gasteiger charge is 2.19. The van der Waals surface area contributed by atoms with Crippen LogP contribution in [-0.2, 0) is 19.5 Å². The number of para-hydroxylation sites is 1. The van der Waals surface area contributed by atoms with Gasteiger partial charge in [0, 0.05) is 12.1 Å². The summed E-state index contributed by atoms with van der Waals surface area (Å²) in [6.07, 6.45) is 6.91. The van der Waals surface area contributed by atoms with Crippen LogP contribution >= 0.6 is 0 Å². The fraction of sp³-hybridized carbons (Fsp3) is 0.346. The van der Waals surface area contributed by atoms with Gasteiger partial charge in [0.25, 0.3) is 0 Å². The predicted molar refractivity (Wildman–Crippen MR) is 131 cm³/mol. The highest BCUT2D eigenvalue weighted by Crippen LogP contribution is 2.26. The highest BCUT2D eigenvalue weighted by molar-refractivity contribution is 5.74. The number of carbonyl (C=O) groups is 1. The number of hydrogen-bond donors (Lipinski definition) is 0. The summed E-state index contributed by atoms with van der Waals surface area (Å²) in [5.74, 6) is 0. The van der Waals surface area contributed by atoms with Gasteiger partial charge < -0.3 is 0 Å². The number of aromatic nitrogens is 6. The van der Waals surface area contributed by atoms with Crippen LogP contribution < -0.4 is 5.69 Å². The maximum Gasteiger partial charge on any atom is 0.329 e. The third-order valence-corrected chi connectivity index (χ3v) is 6.09. The minimum absolute atomic E-state index is 0.102. The van der Waals surface area contributed by atoms with Gasteiger partial charge in [-0.2, -0.15) is 4.68 Å². The van der Waals surface area contributed by atoms with Crippen LogP contribution in [0.15, 0.2) is 59.7 Å². The average Bonchev–Trinajstić information content (AvgIpc) is 3.49. The van der Waals surface area contributed by atoms with Crippen molar-refractivity contribution in [3.63, 3.8) is 0 Å². The van der Waals surface area contributed by atoms with E-state index in [1.54, 1.807) is 20.1 Å². The SMILES string of the molecule is CCCCc1c(C=O)n(CCCC)c(=O)n1Cc1ccc(-c2ccccc2-n2cnnn2)cc1. The van der Waals surface area contributed by atoms with E-state index in [9.17, 15) is 9.59 Å². The Morgan fingerprint density at radius 1 is 0.941 bits per heavy atom. The average molecular weight is 459 g/mol. The molecule has 0 radical (unpaired) electrons. The van der Waals surface area contributed by atoms with Crippen LogP contribution in [-0.4, -0.2) is 35.6 Å². The van der Waals surface area contributed by atoms with Gasteiger partial charge >= 0.3 is 5.69 Å². The molecule has 4 aromatic rings. The lowest BCUT2D eigenvalue weighted by atomic mass is 10.0. The molecular formula is C26H30N6O2. The molecule has 0 saturated heterocycles. The largest absolute Gasteiger partial charge is 0.329 e. The smallest absolute Gasteiger partial charge is 0.296 e. The van der Waals surface area contributed by atoms with E-state index in [-0.39, 0.29) is 5.69 Å². The van der Waals surface area contributed by atoms with Crippen LogP contribution in [0.3, 0.4) is 0 Å². The van der Waals surface area contributed by atoms with Crippen molar-refractivity contribution in [1.82, 2.24) is 29.3 Å². The summed E-state index contributed by atoms with van der Waals surface area (Å²) in [5, 5.41) is 11.5. The van der Waals surface area contributed by atoms with E-state index in [0.717, 1.165) is 66.5 Å². The Morgan fingerprint density at radius 3 is 2.38 bits per heavy atom. The van der Waals surface area contributed by atoms with Crippen LogP contribution in [0.25, 0.3) is 16.8 Å². The molecule has 0 aliphatic rings. The van der Waals surface area contributed by atoms with E-state index in [1.807, 2.05) is 48.5 Å². The van der Waals surface area contributed by atoms with E-state index in [4.69, 9.17) is 0 Å². The second-order valence-electron chi connectivity index (χ2n) is 8.40. The van der Waals surface area contributed by atoms with Gasteiger partial charge in [0.05, 0.1) is 17.9 Å². The number of benzene rings is 2. The molecular weight excluding hydrogens is 428 g/mol.